The number of oxazole rings is 1. The first kappa shape index (κ1) is 19.5. The molecular weight excluding hydrogens is 400 g/mol. The van der Waals surface area contributed by atoms with Crippen LogP contribution in [-0.4, -0.2) is 20.7 Å². The lowest BCUT2D eigenvalue weighted by molar-refractivity contribution is 0.0951. The van der Waals surface area contributed by atoms with E-state index in [0.717, 1.165) is 28.1 Å². The minimum absolute atomic E-state index is 0.152. The molecule has 0 atom stereocenters. The molecule has 3 aromatic carbocycles. The number of benzene rings is 3. The summed E-state index contributed by atoms with van der Waals surface area (Å²) in [6.45, 7) is 0.361. The molecule has 1 amide bonds. The molecule has 5 rings (SSSR count). The molecule has 0 saturated carbocycles. The quantitative estimate of drug-likeness (QED) is 0.414. The van der Waals surface area contributed by atoms with Crippen molar-refractivity contribution in [2.24, 2.45) is 0 Å². The Morgan fingerprint density at radius 3 is 2.28 bits per heavy atom. The molecule has 0 bridgehead atoms. The number of aromatic nitrogens is 3. The summed E-state index contributed by atoms with van der Waals surface area (Å²) in [4.78, 5) is 16.7. The molecule has 1 N–H and O–H groups in total. The Balaban J connectivity index is 1.37. The first-order chi connectivity index (χ1) is 15.8. The van der Waals surface area contributed by atoms with E-state index in [1.807, 2.05) is 83.7 Å². The molecule has 156 valence electrons. The molecule has 5 aromatic rings. The number of hydrogen-bond acceptors (Lipinski definition) is 4. The van der Waals surface area contributed by atoms with E-state index in [2.05, 4.69) is 10.3 Å². The molecule has 2 aromatic heterocycles. The van der Waals surface area contributed by atoms with Crippen LogP contribution in [0.15, 0.2) is 108 Å². The maximum Gasteiger partial charge on any atom is 0.251 e. The maximum absolute atomic E-state index is 12.8. The molecule has 0 saturated heterocycles. The summed E-state index contributed by atoms with van der Waals surface area (Å²) in [6.07, 6.45) is 4.99. The Morgan fingerprint density at radius 1 is 0.875 bits per heavy atom. The maximum atomic E-state index is 12.8. The van der Waals surface area contributed by atoms with Crippen LogP contribution in [0.25, 0.3) is 28.3 Å². The number of hydrogen-bond donors (Lipinski definition) is 1. The summed E-state index contributed by atoms with van der Waals surface area (Å²) >= 11 is 0. The second-order valence-corrected chi connectivity index (χ2v) is 7.27. The summed E-state index contributed by atoms with van der Waals surface area (Å²) in [7, 11) is 0. The van der Waals surface area contributed by atoms with E-state index in [1.165, 1.54) is 6.39 Å². The van der Waals surface area contributed by atoms with E-state index in [0.29, 0.717) is 17.9 Å². The molecule has 0 aliphatic rings. The Hall–Kier alpha value is -4.45. The molecule has 0 spiro atoms. The van der Waals surface area contributed by atoms with Gasteiger partial charge in [-0.3, -0.25) is 4.79 Å². The minimum atomic E-state index is -0.152. The van der Waals surface area contributed by atoms with Gasteiger partial charge in [-0.25, -0.2) is 9.67 Å². The predicted molar refractivity (Wildman–Crippen MR) is 122 cm³/mol. The van der Waals surface area contributed by atoms with E-state index in [-0.39, 0.29) is 5.91 Å². The smallest absolute Gasteiger partial charge is 0.251 e. The van der Waals surface area contributed by atoms with Gasteiger partial charge in [0.1, 0.15) is 0 Å². The number of nitrogens with one attached hydrogen (secondary N) is 1. The van der Waals surface area contributed by atoms with Gasteiger partial charge in [0, 0.05) is 35.0 Å². The molecule has 0 aliphatic heterocycles. The lowest BCUT2D eigenvalue weighted by atomic mass is 10.1. The number of rotatable bonds is 6. The van der Waals surface area contributed by atoms with Crippen molar-refractivity contribution in [2.45, 2.75) is 6.54 Å². The zero-order chi connectivity index (χ0) is 21.8. The van der Waals surface area contributed by atoms with Gasteiger partial charge in [0.05, 0.1) is 17.6 Å². The van der Waals surface area contributed by atoms with E-state index in [9.17, 15) is 4.79 Å². The summed E-state index contributed by atoms with van der Waals surface area (Å²) < 4.78 is 7.14. The first-order valence-electron chi connectivity index (χ1n) is 10.2. The van der Waals surface area contributed by atoms with Gasteiger partial charge in [-0.2, -0.15) is 5.10 Å². The van der Waals surface area contributed by atoms with Crippen LogP contribution >= 0.6 is 0 Å². The fourth-order valence-corrected chi connectivity index (χ4v) is 3.51. The third kappa shape index (κ3) is 4.06. The van der Waals surface area contributed by atoms with Crippen molar-refractivity contribution in [3.8, 4) is 28.3 Å². The monoisotopic (exact) mass is 420 g/mol. The van der Waals surface area contributed by atoms with Crippen molar-refractivity contribution in [2.75, 3.05) is 0 Å². The topological polar surface area (TPSA) is 73.0 Å². The van der Waals surface area contributed by atoms with Gasteiger partial charge in [0.25, 0.3) is 5.91 Å². The average molecular weight is 420 g/mol. The highest BCUT2D eigenvalue weighted by Gasteiger charge is 2.14. The van der Waals surface area contributed by atoms with Gasteiger partial charge < -0.3 is 9.73 Å². The number of nitrogens with zero attached hydrogens (tertiary/aromatic N) is 3. The van der Waals surface area contributed by atoms with Crippen LogP contribution < -0.4 is 5.32 Å². The van der Waals surface area contributed by atoms with Crippen LogP contribution in [0.4, 0.5) is 0 Å². The lowest BCUT2D eigenvalue weighted by Gasteiger charge is -2.06. The Morgan fingerprint density at radius 2 is 1.59 bits per heavy atom. The summed E-state index contributed by atoms with van der Waals surface area (Å²) in [6, 6.07) is 27.1. The van der Waals surface area contributed by atoms with Crippen LogP contribution in [0.2, 0.25) is 0 Å². The fourth-order valence-electron chi connectivity index (χ4n) is 3.51. The SMILES string of the molecule is O=C(NCc1cn(-c2ccccc2)nc1-c1ccccc1)c1ccc(-c2cnco2)cc1. The van der Waals surface area contributed by atoms with Crippen molar-refractivity contribution in [3.05, 3.63) is 115 Å². The number of para-hydroxylation sites is 1. The van der Waals surface area contributed by atoms with E-state index < -0.39 is 0 Å². The molecular formula is C26H20N4O2. The molecule has 6 heteroatoms. The average Bonchev–Trinajstić information content (AvgIpc) is 3.54. The second-order valence-electron chi connectivity index (χ2n) is 7.27. The third-order valence-corrected chi connectivity index (χ3v) is 5.16. The largest absolute Gasteiger partial charge is 0.444 e. The second kappa shape index (κ2) is 8.73. The molecule has 0 aliphatic carbocycles. The van der Waals surface area contributed by atoms with Crippen LogP contribution in [-0.2, 0) is 6.54 Å². The molecule has 32 heavy (non-hydrogen) atoms. The van der Waals surface area contributed by atoms with E-state index in [4.69, 9.17) is 9.52 Å². The van der Waals surface area contributed by atoms with Crippen LogP contribution in [0.1, 0.15) is 15.9 Å². The van der Waals surface area contributed by atoms with Crippen molar-refractivity contribution in [1.29, 1.82) is 0 Å². The van der Waals surface area contributed by atoms with Crippen LogP contribution in [0.5, 0.6) is 0 Å². The van der Waals surface area contributed by atoms with Crippen molar-refractivity contribution in [3.63, 3.8) is 0 Å². The Kier molecular flexibility index (Phi) is 5.32. The molecule has 0 unspecified atom stereocenters. The van der Waals surface area contributed by atoms with Crippen LogP contribution in [0, 0.1) is 0 Å². The zero-order valence-corrected chi connectivity index (χ0v) is 17.2. The Bertz CT molecular complexity index is 1310. The van der Waals surface area contributed by atoms with E-state index >= 15 is 0 Å². The normalized spacial score (nSPS) is 10.8. The third-order valence-electron chi connectivity index (χ3n) is 5.16. The van der Waals surface area contributed by atoms with Gasteiger partial charge in [0.15, 0.2) is 12.2 Å². The van der Waals surface area contributed by atoms with Gasteiger partial charge in [-0.15, -0.1) is 0 Å². The fraction of sp³-hybridized carbons (Fsp3) is 0.0385. The summed E-state index contributed by atoms with van der Waals surface area (Å²) in [5.41, 5.74) is 5.19. The van der Waals surface area contributed by atoms with Crippen LogP contribution in [0.3, 0.4) is 0 Å². The molecule has 0 radical (unpaired) electrons. The van der Waals surface area contributed by atoms with Gasteiger partial charge in [0.2, 0.25) is 0 Å². The number of carbonyl (C=O) groups excluding carboxylic acids is 1. The summed E-state index contributed by atoms with van der Waals surface area (Å²) in [5, 5.41) is 7.81. The highest BCUT2D eigenvalue weighted by molar-refractivity contribution is 5.94. The molecule has 6 nitrogen and oxygen atoms in total. The van der Waals surface area contributed by atoms with Crippen molar-refractivity contribution >= 4 is 5.91 Å². The Labute approximate surface area is 185 Å². The summed E-state index contributed by atoms with van der Waals surface area (Å²) in [5.74, 6) is 0.512. The highest BCUT2D eigenvalue weighted by Crippen LogP contribution is 2.24. The predicted octanol–water partition coefficient (Wildman–Crippen LogP) is 5.12. The standard InChI is InChI=1S/C26H20N4O2/c31-26(21-13-11-19(12-14-21)24-16-27-18-32-24)28-15-22-17-30(23-9-5-2-6-10-23)29-25(22)20-7-3-1-4-8-20/h1-14,16-18H,15H2,(H,28,31). The number of carbonyl (C=O) groups is 1. The van der Waals surface area contributed by atoms with Gasteiger partial charge in [-0.1, -0.05) is 60.7 Å². The van der Waals surface area contributed by atoms with Gasteiger partial charge >= 0.3 is 0 Å². The van der Waals surface area contributed by atoms with E-state index in [1.54, 1.807) is 18.3 Å². The highest BCUT2D eigenvalue weighted by atomic mass is 16.3. The molecule has 2 heterocycles. The number of amides is 1. The van der Waals surface area contributed by atoms with Gasteiger partial charge in [-0.05, 0) is 24.3 Å². The lowest BCUT2D eigenvalue weighted by Crippen LogP contribution is -2.22. The van der Waals surface area contributed by atoms with Crippen molar-refractivity contribution in [1.82, 2.24) is 20.1 Å². The minimum Gasteiger partial charge on any atom is -0.444 e. The van der Waals surface area contributed by atoms with Crippen molar-refractivity contribution < 1.29 is 9.21 Å². The first-order valence-corrected chi connectivity index (χ1v) is 10.2. The molecule has 0 fully saturated rings. The zero-order valence-electron chi connectivity index (χ0n) is 17.2.